The van der Waals surface area contributed by atoms with Crippen molar-refractivity contribution in [1.29, 1.82) is 0 Å². The van der Waals surface area contributed by atoms with Gasteiger partial charge in [0, 0.05) is 24.5 Å². The summed E-state index contributed by atoms with van der Waals surface area (Å²) in [6, 6.07) is 3.60. The van der Waals surface area contributed by atoms with Gasteiger partial charge in [-0.1, -0.05) is 0 Å². The van der Waals surface area contributed by atoms with Gasteiger partial charge in [0.15, 0.2) is 0 Å². The van der Waals surface area contributed by atoms with Crippen molar-refractivity contribution in [3.05, 3.63) is 30.1 Å². The normalized spacial score (nSPS) is 23.2. The lowest BCUT2D eigenvalue weighted by Crippen LogP contribution is -2.63. The molecule has 1 aliphatic carbocycles. The van der Waals surface area contributed by atoms with Crippen LogP contribution in [0.3, 0.4) is 0 Å². The number of hydrogen-bond acceptors (Lipinski definition) is 6. The molecule has 2 heterocycles. The van der Waals surface area contributed by atoms with Crippen LogP contribution in [0.1, 0.15) is 31.2 Å². The molecule has 11 heteroatoms. The molecule has 2 aromatic rings. The molecule has 7 nitrogen and oxygen atoms in total. The van der Waals surface area contributed by atoms with E-state index < -0.39 is 24.5 Å². The molecule has 3 N–H and O–H groups in total. The molecule has 33 heavy (non-hydrogen) atoms. The largest absolute Gasteiger partial charge is 0.416 e. The zero-order valence-corrected chi connectivity index (χ0v) is 18.0. The van der Waals surface area contributed by atoms with E-state index in [0.717, 1.165) is 50.9 Å². The molecule has 1 saturated heterocycles. The van der Waals surface area contributed by atoms with Crippen LogP contribution in [0.25, 0.3) is 10.9 Å². The van der Waals surface area contributed by atoms with Crippen LogP contribution in [-0.2, 0) is 11.0 Å². The number of anilines is 1. The summed E-state index contributed by atoms with van der Waals surface area (Å²) >= 11 is 0. The van der Waals surface area contributed by atoms with E-state index >= 15 is 0 Å². The number of benzene rings is 1. The number of aliphatic hydroxyl groups excluding tert-OH is 1. The number of hydrogen-bond donors (Lipinski definition) is 3. The van der Waals surface area contributed by atoms with Crippen molar-refractivity contribution in [2.24, 2.45) is 5.92 Å². The Hall–Kier alpha value is -2.53. The molecule has 1 saturated carbocycles. The van der Waals surface area contributed by atoms with Gasteiger partial charge in [0.1, 0.15) is 18.8 Å². The standard InChI is InChI=1S/C22H27F4N5O2/c23-8-19(32)13-1-4-16(5-2-13)31-10-15(11-31)30-20(33)9-27-21-17-7-14(22(24,25)26)3-6-18(17)28-12-29-21/h3,6-7,12-13,15-16,19,32H,1-2,4-5,8-11H2,(H,30,33)(H,27,28,29)/t13-,16+,19?. The Balaban J connectivity index is 1.24. The second-order valence-corrected chi connectivity index (χ2v) is 8.81. The molecular formula is C22H27F4N5O2. The predicted octanol–water partition coefficient (Wildman–Crippen LogP) is 2.75. The van der Waals surface area contributed by atoms with Crippen LogP contribution in [0.15, 0.2) is 24.5 Å². The summed E-state index contributed by atoms with van der Waals surface area (Å²) in [5.74, 6) is -0.0731. The molecule has 0 spiro atoms. The topological polar surface area (TPSA) is 90.4 Å². The Bertz CT molecular complexity index is 975. The van der Waals surface area contributed by atoms with E-state index in [0.29, 0.717) is 11.6 Å². The van der Waals surface area contributed by atoms with Crippen LogP contribution in [0.4, 0.5) is 23.4 Å². The van der Waals surface area contributed by atoms with E-state index in [1.165, 1.54) is 12.4 Å². The van der Waals surface area contributed by atoms with Crippen LogP contribution in [-0.4, -0.2) is 70.4 Å². The molecule has 1 amide bonds. The van der Waals surface area contributed by atoms with Gasteiger partial charge in [-0.25, -0.2) is 14.4 Å². The molecule has 1 aliphatic heterocycles. The van der Waals surface area contributed by atoms with Gasteiger partial charge in [-0.2, -0.15) is 13.2 Å². The number of aliphatic hydroxyl groups is 1. The van der Waals surface area contributed by atoms with Gasteiger partial charge < -0.3 is 15.7 Å². The Morgan fingerprint density at radius 2 is 1.91 bits per heavy atom. The van der Waals surface area contributed by atoms with Gasteiger partial charge in [-0.15, -0.1) is 0 Å². The monoisotopic (exact) mass is 469 g/mol. The third-order valence-electron chi connectivity index (χ3n) is 6.61. The third-order valence-corrected chi connectivity index (χ3v) is 6.61. The fraction of sp³-hybridized carbons (Fsp3) is 0.591. The summed E-state index contributed by atoms with van der Waals surface area (Å²) in [5, 5.41) is 15.6. The average Bonchev–Trinajstić information content (AvgIpc) is 2.78. The second-order valence-electron chi connectivity index (χ2n) is 8.81. The number of likely N-dealkylation sites (tertiary alicyclic amines) is 1. The van der Waals surface area contributed by atoms with Crippen molar-refractivity contribution in [3.8, 4) is 0 Å². The Kier molecular flexibility index (Phi) is 6.99. The predicted molar refractivity (Wildman–Crippen MR) is 114 cm³/mol. The van der Waals surface area contributed by atoms with Gasteiger partial charge in [-0.3, -0.25) is 9.69 Å². The van der Waals surface area contributed by atoms with E-state index in [1.807, 2.05) is 0 Å². The van der Waals surface area contributed by atoms with Gasteiger partial charge in [0.25, 0.3) is 0 Å². The Morgan fingerprint density at radius 1 is 1.18 bits per heavy atom. The highest BCUT2D eigenvalue weighted by atomic mass is 19.4. The van der Waals surface area contributed by atoms with Crippen LogP contribution in [0, 0.1) is 5.92 Å². The van der Waals surface area contributed by atoms with E-state index in [-0.39, 0.29) is 35.6 Å². The highest BCUT2D eigenvalue weighted by Gasteiger charge is 2.36. The quantitative estimate of drug-likeness (QED) is 0.541. The first kappa shape index (κ1) is 23.6. The summed E-state index contributed by atoms with van der Waals surface area (Å²) in [6.45, 7) is 0.622. The maximum atomic E-state index is 13.0. The highest BCUT2D eigenvalue weighted by molar-refractivity contribution is 5.91. The van der Waals surface area contributed by atoms with Gasteiger partial charge in [0.2, 0.25) is 5.91 Å². The first-order valence-electron chi connectivity index (χ1n) is 11.1. The first-order chi connectivity index (χ1) is 15.7. The average molecular weight is 469 g/mol. The smallest absolute Gasteiger partial charge is 0.390 e. The lowest BCUT2D eigenvalue weighted by Gasteiger charge is -2.47. The summed E-state index contributed by atoms with van der Waals surface area (Å²) in [5.41, 5.74) is -0.454. The van der Waals surface area contributed by atoms with Gasteiger partial charge in [0.05, 0.1) is 29.8 Å². The minimum Gasteiger partial charge on any atom is -0.390 e. The zero-order chi connectivity index (χ0) is 23.6. The number of nitrogens with zero attached hydrogens (tertiary/aromatic N) is 3. The van der Waals surface area contributed by atoms with Gasteiger partial charge in [-0.05, 0) is 49.8 Å². The molecule has 1 aromatic carbocycles. The Morgan fingerprint density at radius 3 is 2.58 bits per heavy atom. The lowest BCUT2D eigenvalue weighted by atomic mass is 9.81. The molecule has 1 atom stereocenters. The third kappa shape index (κ3) is 5.52. The van der Waals surface area contributed by atoms with Gasteiger partial charge >= 0.3 is 6.18 Å². The SMILES string of the molecule is O=C(CNc1ncnc2ccc(C(F)(F)F)cc12)NC1CN([C@H]2CC[C@@H](C(O)CF)CC2)C1. The number of amides is 1. The van der Waals surface area contributed by atoms with Crippen molar-refractivity contribution in [2.45, 2.75) is 50.0 Å². The maximum absolute atomic E-state index is 13.0. The second kappa shape index (κ2) is 9.76. The fourth-order valence-corrected chi connectivity index (χ4v) is 4.70. The molecule has 180 valence electrons. The number of nitrogens with one attached hydrogen (secondary N) is 2. The molecule has 1 unspecified atom stereocenters. The first-order valence-corrected chi connectivity index (χ1v) is 11.1. The molecule has 4 rings (SSSR count). The van der Waals surface area contributed by atoms with Crippen LogP contribution in [0.5, 0.6) is 0 Å². The summed E-state index contributed by atoms with van der Waals surface area (Å²) < 4.78 is 51.7. The minimum absolute atomic E-state index is 0.00688. The molecule has 1 aromatic heterocycles. The molecular weight excluding hydrogens is 442 g/mol. The highest BCUT2D eigenvalue weighted by Crippen LogP contribution is 2.33. The molecule has 2 aliphatic rings. The number of rotatable bonds is 7. The number of halogens is 4. The molecule has 0 bridgehead atoms. The number of carbonyl (C=O) groups excluding carboxylic acids is 1. The summed E-state index contributed by atoms with van der Waals surface area (Å²) in [7, 11) is 0. The zero-order valence-electron chi connectivity index (χ0n) is 18.0. The fourth-order valence-electron chi connectivity index (χ4n) is 4.70. The van der Waals surface area contributed by atoms with Crippen LogP contribution < -0.4 is 10.6 Å². The Labute approximate surface area is 188 Å². The number of carbonyl (C=O) groups is 1. The van der Waals surface area contributed by atoms with Crippen molar-refractivity contribution in [2.75, 3.05) is 31.6 Å². The van der Waals surface area contributed by atoms with E-state index in [1.54, 1.807) is 0 Å². The molecule has 2 fully saturated rings. The van der Waals surface area contributed by atoms with Crippen molar-refractivity contribution >= 4 is 22.6 Å². The molecule has 0 radical (unpaired) electrons. The summed E-state index contributed by atoms with van der Waals surface area (Å²) in [4.78, 5) is 22.6. The van der Waals surface area contributed by atoms with Crippen molar-refractivity contribution < 1.29 is 27.5 Å². The van der Waals surface area contributed by atoms with Crippen LogP contribution >= 0.6 is 0 Å². The number of aromatic nitrogens is 2. The number of fused-ring (bicyclic) bond motifs is 1. The van der Waals surface area contributed by atoms with Crippen molar-refractivity contribution in [1.82, 2.24) is 20.2 Å². The van der Waals surface area contributed by atoms with Crippen LogP contribution in [0.2, 0.25) is 0 Å². The maximum Gasteiger partial charge on any atom is 0.416 e. The minimum atomic E-state index is -4.49. The van der Waals surface area contributed by atoms with E-state index in [2.05, 4.69) is 25.5 Å². The summed E-state index contributed by atoms with van der Waals surface area (Å²) in [6.07, 6.45) is -0.696. The lowest BCUT2D eigenvalue weighted by molar-refractivity contribution is -0.137. The van der Waals surface area contributed by atoms with E-state index in [4.69, 9.17) is 0 Å². The van der Waals surface area contributed by atoms with Crippen molar-refractivity contribution in [3.63, 3.8) is 0 Å². The van der Waals surface area contributed by atoms with E-state index in [9.17, 15) is 27.5 Å². The number of alkyl halides is 4.